The Morgan fingerprint density at radius 3 is 2.29 bits per heavy atom. The molecule has 0 bridgehead atoms. The van der Waals surface area contributed by atoms with Gasteiger partial charge >= 0.3 is 0 Å². The fourth-order valence-electron chi connectivity index (χ4n) is 1.21. The minimum atomic E-state index is -1.70. The summed E-state index contributed by atoms with van der Waals surface area (Å²) in [5, 5.41) is 2.20. The Hall–Kier alpha value is -2.12. The summed E-state index contributed by atoms with van der Waals surface area (Å²) in [7, 11) is 0. The second kappa shape index (κ2) is 4.40. The first kappa shape index (κ1) is 11.4. The largest absolute Gasteiger partial charge is 0.373 e. The van der Waals surface area contributed by atoms with Gasteiger partial charge in [0.15, 0.2) is 0 Å². The van der Waals surface area contributed by atoms with Crippen LogP contribution in [0.25, 0.3) is 0 Å². The van der Waals surface area contributed by atoms with Gasteiger partial charge in [-0.05, 0) is 0 Å². The Morgan fingerprint density at radius 1 is 1.12 bits per heavy atom. The smallest absolute Gasteiger partial charge is 0.253 e. The van der Waals surface area contributed by atoms with Gasteiger partial charge in [-0.1, -0.05) is 0 Å². The number of rotatable bonds is 3. The summed E-state index contributed by atoms with van der Waals surface area (Å²) in [6, 6.07) is 0. The molecule has 4 nitrogen and oxygen atoms in total. The summed E-state index contributed by atoms with van der Waals surface area (Å²) < 4.78 is 51.7. The number of aromatic nitrogens is 3. The molecule has 0 unspecified atom stereocenters. The van der Waals surface area contributed by atoms with Crippen LogP contribution in [0.5, 0.6) is 0 Å². The molecule has 2 heterocycles. The number of imidazole rings is 1. The number of hydrogen-bond acceptors (Lipinski definition) is 3. The molecule has 17 heavy (non-hydrogen) atoms. The van der Waals surface area contributed by atoms with Gasteiger partial charge in [0, 0.05) is 12.4 Å². The van der Waals surface area contributed by atoms with Crippen molar-refractivity contribution in [1.29, 1.82) is 0 Å². The maximum Gasteiger partial charge on any atom is 0.253 e. The van der Waals surface area contributed by atoms with Crippen molar-refractivity contribution in [3.63, 3.8) is 0 Å². The van der Waals surface area contributed by atoms with Crippen molar-refractivity contribution in [2.45, 2.75) is 6.54 Å². The van der Waals surface area contributed by atoms with E-state index >= 15 is 0 Å². The highest BCUT2D eigenvalue weighted by Crippen LogP contribution is 2.22. The molecule has 2 rings (SSSR count). The third kappa shape index (κ3) is 2.19. The van der Waals surface area contributed by atoms with Gasteiger partial charge in [-0.3, -0.25) is 0 Å². The minimum Gasteiger partial charge on any atom is -0.373 e. The Kier molecular flexibility index (Phi) is 2.94. The number of H-pyrrole nitrogens is 1. The molecule has 0 amide bonds. The number of halogens is 4. The third-order valence-electron chi connectivity index (χ3n) is 1.99. The number of anilines is 1. The van der Waals surface area contributed by atoms with E-state index in [1.54, 1.807) is 0 Å². The lowest BCUT2D eigenvalue weighted by molar-refractivity contribution is 0.410. The van der Waals surface area contributed by atoms with Crippen LogP contribution >= 0.6 is 0 Å². The molecule has 8 heteroatoms. The van der Waals surface area contributed by atoms with Crippen molar-refractivity contribution < 1.29 is 17.6 Å². The molecule has 2 aromatic rings. The van der Waals surface area contributed by atoms with Crippen molar-refractivity contribution >= 4 is 5.69 Å². The first-order chi connectivity index (χ1) is 8.09. The number of pyridine rings is 1. The molecule has 90 valence electrons. The first-order valence-corrected chi connectivity index (χ1v) is 4.51. The number of aromatic amines is 1. The van der Waals surface area contributed by atoms with E-state index in [0.29, 0.717) is 5.82 Å². The molecular weight excluding hydrogens is 240 g/mol. The molecule has 0 aliphatic rings. The maximum atomic E-state index is 13.1. The van der Waals surface area contributed by atoms with Crippen molar-refractivity contribution in [2.24, 2.45) is 0 Å². The monoisotopic (exact) mass is 246 g/mol. The lowest BCUT2D eigenvalue weighted by Crippen LogP contribution is -2.10. The molecule has 2 aromatic heterocycles. The first-order valence-electron chi connectivity index (χ1n) is 4.51. The van der Waals surface area contributed by atoms with Crippen molar-refractivity contribution in [1.82, 2.24) is 15.0 Å². The summed E-state index contributed by atoms with van der Waals surface area (Å²) in [5.74, 6) is -6.19. The number of hydrogen-bond donors (Lipinski definition) is 2. The summed E-state index contributed by atoms with van der Waals surface area (Å²) >= 11 is 0. The fourth-order valence-corrected chi connectivity index (χ4v) is 1.21. The van der Waals surface area contributed by atoms with Crippen LogP contribution in [-0.4, -0.2) is 15.0 Å². The molecule has 2 N–H and O–H groups in total. The summed E-state index contributed by atoms with van der Waals surface area (Å²) in [4.78, 5) is 8.85. The van der Waals surface area contributed by atoms with Gasteiger partial charge in [0.1, 0.15) is 11.5 Å². The van der Waals surface area contributed by atoms with Gasteiger partial charge in [-0.2, -0.15) is 22.5 Å². The van der Waals surface area contributed by atoms with E-state index in [-0.39, 0.29) is 6.54 Å². The van der Waals surface area contributed by atoms with Crippen LogP contribution in [0.1, 0.15) is 5.82 Å². The van der Waals surface area contributed by atoms with Crippen molar-refractivity contribution in [3.8, 4) is 0 Å². The van der Waals surface area contributed by atoms with Crippen molar-refractivity contribution in [3.05, 3.63) is 41.7 Å². The van der Waals surface area contributed by atoms with Gasteiger partial charge in [0.05, 0.1) is 6.54 Å². The van der Waals surface area contributed by atoms with E-state index in [9.17, 15) is 17.6 Å². The molecule has 0 saturated heterocycles. The van der Waals surface area contributed by atoms with Gasteiger partial charge in [-0.25, -0.2) is 4.98 Å². The average molecular weight is 246 g/mol. The van der Waals surface area contributed by atoms with E-state index < -0.39 is 29.2 Å². The van der Waals surface area contributed by atoms with Crippen LogP contribution in [0.3, 0.4) is 0 Å². The fraction of sp³-hybridized carbons (Fsp3) is 0.111. The predicted molar refractivity (Wildman–Crippen MR) is 50.0 cm³/mol. The van der Waals surface area contributed by atoms with Gasteiger partial charge in [-0.15, -0.1) is 0 Å². The van der Waals surface area contributed by atoms with Gasteiger partial charge < -0.3 is 10.3 Å². The second-order valence-corrected chi connectivity index (χ2v) is 3.09. The minimum absolute atomic E-state index is 0.107. The van der Waals surface area contributed by atoms with Crippen LogP contribution in [-0.2, 0) is 6.54 Å². The van der Waals surface area contributed by atoms with Crippen LogP contribution in [0.15, 0.2) is 12.4 Å². The third-order valence-corrected chi connectivity index (χ3v) is 1.99. The highest BCUT2D eigenvalue weighted by molar-refractivity contribution is 5.45. The normalized spacial score (nSPS) is 10.6. The Labute approximate surface area is 92.7 Å². The van der Waals surface area contributed by atoms with Crippen molar-refractivity contribution in [2.75, 3.05) is 5.32 Å². The van der Waals surface area contributed by atoms with Crippen LogP contribution < -0.4 is 5.32 Å². The molecule has 0 saturated carbocycles. The highest BCUT2D eigenvalue weighted by Gasteiger charge is 2.20. The van der Waals surface area contributed by atoms with Gasteiger partial charge in [0.25, 0.3) is 11.9 Å². The summed E-state index contributed by atoms with van der Waals surface area (Å²) in [5.41, 5.74) is -0.911. The maximum absolute atomic E-state index is 13.1. The molecule has 0 fully saturated rings. The zero-order chi connectivity index (χ0) is 12.4. The van der Waals surface area contributed by atoms with Crippen LogP contribution in [0.2, 0.25) is 0 Å². The van der Waals surface area contributed by atoms with Crippen LogP contribution in [0.4, 0.5) is 23.2 Å². The van der Waals surface area contributed by atoms with E-state index in [4.69, 9.17) is 0 Å². The molecule has 0 atom stereocenters. The Morgan fingerprint density at radius 2 is 1.76 bits per heavy atom. The van der Waals surface area contributed by atoms with Crippen LogP contribution in [0, 0.1) is 23.5 Å². The molecule has 0 aromatic carbocycles. The lowest BCUT2D eigenvalue weighted by atomic mass is 10.3. The standard InChI is InChI=1S/C9H6F4N4/c10-5-7(6(11)9(13)17-8(5)12)16-3-4-14-1-2-15-4/h1-2H,3H2,(H,14,15)(H,16,17). The average Bonchev–Trinajstić information content (AvgIpc) is 2.79. The number of nitrogens with one attached hydrogen (secondary N) is 2. The summed E-state index contributed by atoms with van der Waals surface area (Å²) in [6.07, 6.45) is 2.93. The quantitative estimate of drug-likeness (QED) is 0.643. The topological polar surface area (TPSA) is 53.6 Å². The molecule has 0 aliphatic heterocycles. The van der Waals surface area contributed by atoms with E-state index in [0.717, 1.165) is 0 Å². The molecule has 0 radical (unpaired) electrons. The van der Waals surface area contributed by atoms with E-state index in [1.165, 1.54) is 12.4 Å². The molecular formula is C9H6F4N4. The van der Waals surface area contributed by atoms with E-state index in [1.807, 2.05) is 0 Å². The van der Waals surface area contributed by atoms with E-state index in [2.05, 4.69) is 20.3 Å². The SMILES string of the molecule is Fc1nc(F)c(F)c(NCc2ncc[nH]2)c1F. The Bertz CT molecular complexity index is 500. The number of nitrogens with zero attached hydrogens (tertiary/aromatic N) is 2. The zero-order valence-electron chi connectivity index (χ0n) is 8.27. The second-order valence-electron chi connectivity index (χ2n) is 3.09. The lowest BCUT2D eigenvalue weighted by Gasteiger charge is -2.07. The summed E-state index contributed by atoms with van der Waals surface area (Å²) in [6.45, 7) is -0.107. The highest BCUT2D eigenvalue weighted by atomic mass is 19.2. The molecule has 0 aliphatic carbocycles. The Balaban J connectivity index is 2.26. The molecule has 0 spiro atoms. The predicted octanol–water partition coefficient (Wildman–Crippen LogP) is 1.97. The van der Waals surface area contributed by atoms with Gasteiger partial charge in [0.2, 0.25) is 11.6 Å². The zero-order valence-corrected chi connectivity index (χ0v) is 8.27.